The molecule has 0 aliphatic heterocycles. The third kappa shape index (κ3) is 6.68. The Labute approximate surface area is 119 Å². The van der Waals surface area contributed by atoms with E-state index >= 15 is 0 Å². The Hall–Kier alpha value is -0.940. The van der Waals surface area contributed by atoms with E-state index in [0.29, 0.717) is 13.0 Å². The molecule has 4 nitrogen and oxygen atoms in total. The van der Waals surface area contributed by atoms with E-state index in [9.17, 15) is 4.79 Å². The van der Waals surface area contributed by atoms with E-state index in [1.165, 1.54) is 0 Å². The largest absolute Gasteiger partial charge is 0.355 e. The fraction of sp³-hybridized carbons (Fsp3) is 0.714. The summed E-state index contributed by atoms with van der Waals surface area (Å²) in [5.41, 5.74) is 6.15. The van der Waals surface area contributed by atoms with Crippen molar-refractivity contribution < 1.29 is 4.79 Å². The van der Waals surface area contributed by atoms with Gasteiger partial charge in [0.25, 0.3) is 0 Å². The highest BCUT2D eigenvalue weighted by Gasteiger charge is 2.18. The van der Waals surface area contributed by atoms with E-state index in [0.717, 1.165) is 11.4 Å². The minimum Gasteiger partial charge on any atom is -0.355 e. The first kappa shape index (κ1) is 16.1. The van der Waals surface area contributed by atoms with Gasteiger partial charge in [-0.25, -0.2) is 4.98 Å². The third-order valence-electron chi connectivity index (χ3n) is 2.80. The van der Waals surface area contributed by atoms with Gasteiger partial charge >= 0.3 is 0 Å². The van der Waals surface area contributed by atoms with E-state index in [4.69, 9.17) is 5.73 Å². The number of thiazole rings is 1. The summed E-state index contributed by atoms with van der Waals surface area (Å²) in [6.45, 7) is 9.09. The summed E-state index contributed by atoms with van der Waals surface area (Å²) in [7, 11) is 0. The van der Waals surface area contributed by atoms with Crippen LogP contribution in [-0.2, 0) is 4.79 Å². The van der Waals surface area contributed by atoms with Crippen LogP contribution < -0.4 is 11.1 Å². The SMILES string of the molecule is CC(CNC(=O)CC(N)CC(C)(C)C)c1nccs1. The molecular weight excluding hydrogens is 258 g/mol. The maximum absolute atomic E-state index is 11.8. The van der Waals surface area contributed by atoms with Crippen LogP contribution in [0.4, 0.5) is 0 Å². The molecule has 0 bridgehead atoms. The Bertz CT molecular complexity index is 384. The monoisotopic (exact) mass is 283 g/mol. The molecule has 0 aliphatic carbocycles. The van der Waals surface area contributed by atoms with Crippen LogP contribution in [0.25, 0.3) is 0 Å². The first-order chi connectivity index (χ1) is 8.78. The maximum atomic E-state index is 11.8. The van der Waals surface area contributed by atoms with E-state index in [2.05, 4.69) is 38.0 Å². The van der Waals surface area contributed by atoms with Gasteiger partial charge in [-0.1, -0.05) is 27.7 Å². The summed E-state index contributed by atoms with van der Waals surface area (Å²) >= 11 is 1.62. The van der Waals surface area contributed by atoms with Gasteiger partial charge in [-0.2, -0.15) is 0 Å². The molecule has 0 radical (unpaired) electrons. The van der Waals surface area contributed by atoms with Crippen molar-refractivity contribution in [3.8, 4) is 0 Å². The zero-order chi connectivity index (χ0) is 14.5. The van der Waals surface area contributed by atoms with Crippen LogP contribution in [0.1, 0.15) is 51.5 Å². The van der Waals surface area contributed by atoms with Crippen LogP contribution >= 0.6 is 11.3 Å². The minimum atomic E-state index is -0.0739. The molecule has 1 aromatic heterocycles. The van der Waals surface area contributed by atoms with Crippen molar-refractivity contribution in [3.63, 3.8) is 0 Å². The molecule has 0 saturated heterocycles. The number of carbonyl (C=O) groups excluding carboxylic acids is 1. The highest BCUT2D eigenvalue weighted by atomic mass is 32.1. The van der Waals surface area contributed by atoms with Gasteiger partial charge in [0.05, 0.1) is 5.01 Å². The summed E-state index contributed by atoms with van der Waals surface area (Å²) in [5.74, 6) is 0.281. The molecule has 3 N–H and O–H groups in total. The van der Waals surface area contributed by atoms with Crippen molar-refractivity contribution >= 4 is 17.2 Å². The van der Waals surface area contributed by atoms with Gasteiger partial charge in [-0.15, -0.1) is 11.3 Å². The number of hydrogen-bond acceptors (Lipinski definition) is 4. The lowest BCUT2D eigenvalue weighted by atomic mass is 9.87. The smallest absolute Gasteiger partial charge is 0.221 e. The van der Waals surface area contributed by atoms with Gasteiger partial charge in [0.1, 0.15) is 0 Å². The highest BCUT2D eigenvalue weighted by Crippen LogP contribution is 2.21. The number of nitrogens with two attached hydrogens (primary N) is 1. The Morgan fingerprint density at radius 2 is 2.21 bits per heavy atom. The zero-order valence-electron chi connectivity index (χ0n) is 12.3. The Kier molecular flexibility index (Phi) is 5.94. The van der Waals surface area contributed by atoms with Gasteiger partial charge in [-0.3, -0.25) is 4.79 Å². The molecule has 1 amide bonds. The van der Waals surface area contributed by atoms with E-state index in [-0.39, 0.29) is 23.3 Å². The van der Waals surface area contributed by atoms with Crippen molar-refractivity contribution in [1.82, 2.24) is 10.3 Å². The van der Waals surface area contributed by atoms with Gasteiger partial charge in [0.15, 0.2) is 0 Å². The molecule has 0 saturated carbocycles. The standard InChI is InChI=1S/C14H25N3OS/c1-10(13-16-5-6-19-13)9-17-12(18)7-11(15)8-14(2,3)4/h5-6,10-11H,7-9,15H2,1-4H3,(H,17,18). The molecule has 19 heavy (non-hydrogen) atoms. The van der Waals surface area contributed by atoms with Crippen molar-refractivity contribution in [2.75, 3.05) is 6.54 Å². The van der Waals surface area contributed by atoms with Crippen LogP contribution in [0.2, 0.25) is 0 Å². The number of aromatic nitrogens is 1. The summed E-state index contributed by atoms with van der Waals surface area (Å²) in [6, 6.07) is -0.0739. The molecule has 2 atom stereocenters. The van der Waals surface area contributed by atoms with E-state index in [1.807, 2.05) is 5.38 Å². The number of carbonyl (C=O) groups is 1. The highest BCUT2D eigenvalue weighted by molar-refractivity contribution is 7.09. The van der Waals surface area contributed by atoms with Crippen LogP contribution in [0.3, 0.4) is 0 Å². The Morgan fingerprint density at radius 3 is 2.74 bits per heavy atom. The molecule has 1 aromatic rings. The van der Waals surface area contributed by atoms with Crippen LogP contribution in [0.15, 0.2) is 11.6 Å². The van der Waals surface area contributed by atoms with Crippen molar-refractivity contribution in [2.24, 2.45) is 11.1 Å². The summed E-state index contributed by atoms with van der Waals surface area (Å²) < 4.78 is 0. The molecule has 1 rings (SSSR count). The fourth-order valence-corrected chi connectivity index (χ4v) is 2.70. The van der Waals surface area contributed by atoms with Gasteiger partial charge in [0, 0.05) is 36.5 Å². The lowest BCUT2D eigenvalue weighted by Crippen LogP contribution is -2.35. The molecule has 2 unspecified atom stereocenters. The summed E-state index contributed by atoms with van der Waals surface area (Å²) in [5, 5.41) is 5.94. The lowest BCUT2D eigenvalue weighted by molar-refractivity contribution is -0.121. The second kappa shape index (κ2) is 7.01. The maximum Gasteiger partial charge on any atom is 0.221 e. The number of nitrogens with zero attached hydrogens (tertiary/aromatic N) is 1. The molecule has 0 fully saturated rings. The molecule has 1 heterocycles. The zero-order valence-corrected chi connectivity index (χ0v) is 13.1. The molecule has 0 aromatic carbocycles. The van der Waals surface area contributed by atoms with Crippen molar-refractivity contribution in [2.45, 2.75) is 52.5 Å². The lowest BCUT2D eigenvalue weighted by Gasteiger charge is -2.22. The predicted molar refractivity (Wildman–Crippen MR) is 80.2 cm³/mol. The van der Waals surface area contributed by atoms with Gasteiger partial charge < -0.3 is 11.1 Å². The minimum absolute atomic E-state index is 0.0279. The number of nitrogens with one attached hydrogen (secondary N) is 1. The van der Waals surface area contributed by atoms with Crippen LogP contribution in [-0.4, -0.2) is 23.5 Å². The first-order valence-corrected chi connectivity index (χ1v) is 7.57. The second-order valence-electron chi connectivity index (χ2n) is 6.30. The number of hydrogen-bond donors (Lipinski definition) is 2. The van der Waals surface area contributed by atoms with E-state index < -0.39 is 0 Å². The van der Waals surface area contributed by atoms with E-state index in [1.54, 1.807) is 17.5 Å². The quantitative estimate of drug-likeness (QED) is 0.843. The summed E-state index contributed by atoms with van der Waals surface area (Å²) in [4.78, 5) is 16.1. The Morgan fingerprint density at radius 1 is 1.53 bits per heavy atom. The molecule has 5 heteroatoms. The third-order valence-corrected chi connectivity index (χ3v) is 3.81. The van der Waals surface area contributed by atoms with Crippen LogP contribution in [0, 0.1) is 5.41 Å². The average Bonchev–Trinajstić information content (AvgIpc) is 2.76. The molecular formula is C14H25N3OS. The van der Waals surface area contributed by atoms with Gasteiger partial charge in [0.2, 0.25) is 5.91 Å². The molecule has 108 valence electrons. The first-order valence-electron chi connectivity index (χ1n) is 6.69. The molecule has 0 spiro atoms. The van der Waals surface area contributed by atoms with Crippen LogP contribution in [0.5, 0.6) is 0 Å². The van der Waals surface area contributed by atoms with Crippen molar-refractivity contribution in [3.05, 3.63) is 16.6 Å². The normalized spacial score (nSPS) is 15.0. The number of amides is 1. The van der Waals surface area contributed by atoms with Crippen molar-refractivity contribution in [1.29, 1.82) is 0 Å². The number of rotatable bonds is 6. The van der Waals surface area contributed by atoms with Gasteiger partial charge in [-0.05, 0) is 11.8 Å². The Balaban J connectivity index is 2.28. The topological polar surface area (TPSA) is 68.0 Å². The summed E-state index contributed by atoms with van der Waals surface area (Å²) in [6.07, 6.45) is 3.03. The molecule has 0 aliphatic rings. The average molecular weight is 283 g/mol. The second-order valence-corrected chi connectivity index (χ2v) is 7.23. The fourth-order valence-electron chi connectivity index (χ4n) is 2.00. The predicted octanol–water partition coefficient (Wildman–Crippen LogP) is 2.52.